The molecule has 0 saturated heterocycles. The third-order valence-electron chi connectivity index (χ3n) is 2.00. The van der Waals surface area contributed by atoms with Crippen LogP contribution >= 0.6 is 0 Å². The average Bonchev–Trinajstić information content (AvgIpc) is 2.13. The smallest absolute Gasteiger partial charge is 0.238 e. The summed E-state index contributed by atoms with van der Waals surface area (Å²) in [7, 11) is 0. The Morgan fingerprint density at radius 3 is 2.57 bits per heavy atom. The number of amides is 1. The van der Waals surface area contributed by atoms with Crippen LogP contribution in [0.25, 0.3) is 0 Å². The van der Waals surface area contributed by atoms with Gasteiger partial charge < -0.3 is 16.2 Å². The quantitative estimate of drug-likeness (QED) is 0.520. The molecule has 4 N–H and O–H groups in total. The highest BCUT2D eigenvalue weighted by atomic mass is 16.3. The SMILES string of the molecule is C#CCC(N)C(=O)N[C@H](CO)C(C)C. The molecule has 0 aromatic heterocycles. The van der Waals surface area contributed by atoms with Gasteiger partial charge in [-0.25, -0.2) is 0 Å². The van der Waals surface area contributed by atoms with E-state index >= 15 is 0 Å². The summed E-state index contributed by atoms with van der Waals surface area (Å²) in [6.07, 6.45) is 5.24. The van der Waals surface area contributed by atoms with Gasteiger partial charge in [0.05, 0.1) is 18.7 Å². The fraction of sp³-hybridized carbons (Fsp3) is 0.700. The normalized spacial score (nSPS) is 14.6. The predicted molar refractivity (Wildman–Crippen MR) is 55.3 cm³/mol. The van der Waals surface area contributed by atoms with Crippen LogP contribution in [-0.4, -0.2) is 29.7 Å². The van der Waals surface area contributed by atoms with E-state index in [2.05, 4.69) is 11.2 Å². The molecule has 0 radical (unpaired) electrons. The molecule has 4 heteroatoms. The van der Waals surface area contributed by atoms with Crippen LogP contribution < -0.4 is 11.1 Å². The maximum Gasteiger partial charge on any atom is 0.238 e. The second kappa shape index (κ2) is 6.41. The maximum atomic E-state index is 11.4. The Morgan fingerprint density at radius 1 is 1.64 bits per heavy atom. The zero-order valence-electron chi connectivity index (χ0n) is 8.66. The van der Waals surface area contributed by atoms with Crippen molar-refractivity contribution < 1.29 is 9.90 Å². The molecular weight excluding hydrogens is 180 g/mol. The molecule has 0 bridgehead atoms. The first kappa shape index (κ1) is 12.9. The van der Waals surface area contributed by atoms with E-state index in [4.69, 9.17) is 17.3 Å². The Morgan fingerprint density at radius 2 is 2.21 bits per heavy atom. The highest BCUT2D eigenvalue weighted by Crippen LogP contribution is 2.00. The number of nitrogens with two attached hydrogens (primary N) is 1. The van der Waals surface area contributed by atoms with Crippen molar-refractivity contribution in [2.45, 2.75) is 32.4 Å². The summed E-state index contributed by atoms with van der Waals surface area (Å²) in [5.41, 5.74) is 5.49. The van der Waals surface area contributed by atoms with Crippen LogP contribution in [0, 0.1) is 18.3 Å². The minimum Gasteiger partial charge on any atom is -0.394 e. The summed E-state index contributed by atoms with van der Waals surface area (Å²) in [5.74, 6) is 2.18. The number of rotatable bonds is 5. The molecule has 80 valence electrons. The molecule has 0 aliphatic rings. The Hall–Kier alpha value is -1.05. The minimum atomic E-state index is -0.687. The second-order valence-corrected chi connectivity index (χ2v) is 3.56. The van der Waals surface area contributed by atoms with E-state index in [9.17, 15) is 4.79 Å². The van der Waals surface area contributed by atoms with Crippen molar-refractivity contribution in [3.63, 3.8) is 0 Å². The van der Waals surface area contributed by atoms with Gasteiger partial charge in [0.15, 0.2) is 0 Å². The van der Waals surface area contributed by atoms with E-state index in [-0.39, 0.29) is 30.9 Å². The molecule has 0 fully saturated rings. The first-order chi connectivity index (χ1) is 6.52. The molecule has 0 aromatic carbocycles. The van der Waals surface area contributed by atoms with E-state index in [0.29, 0.717) is 0 Å². The maximum absolute atomic E-state index is 11.4. The summed E-state index contributed by atoms with van der Waals surface area (Å²) in [6, 6.07) is -0.945. The molecule has 1 amide bonds. The van der Waals surface area contributed by atoms with Gasteiger partial charge in [-0.1, -0.05) is 13.8 Å². The van der Waals surface area contributed by atoms with Crippen molar-refractivity contribution in [2.24, 2.45) is 11.7 Å². The first-order valence-corrected chi connectivity index (χ1v) is 4.63. The summed E-state index contributed by atoms with van der Waals surface area (Å²) in [4.78, 5) is 11.4. The number of aliphatic hydroxyl groups is 1. The van der Waals surface area contributed by atoms with Gasteiger partial charge in [0, 0.05) is 6.42 Å². The van der Waals surface area contributed by atoms with E-state index in [1.54, 1.807) is 0 Å². The zero-order chi connectivity index (χ0) is 11.1. The van der Waals surface area contributed by atoms with E-state index in [0.717, 1.165) is 0 Å². The van der Waals surface area contributed by atoms with Crippen LogP contribution in [0.3, 0.4) is 0 Å². The molecule has 0 spiro atoms. The van der Waals surface area contributed by atoms with Gasteiger partial charge in [0.1, 0.15) is 0 Å². The number of hydrogen-bond acceptors (Lipinski definition) is 3. The van der Waals surface area contributed by atoms with Crippen LogP contribution in [0.15, 0.2) is 0 Å². The van der Waals surface area contributed by atoms with Gasteiger partial charge in [0.25, 0.3) is 0 Å². The molecule has 0 aliphatic heterocycles. The van der Waals surface area contributed by atoms with Crippen molar-refractivity contribution in [1.29, 1.82) is 0 Å². The third-order valence-corrected chi connectivity index (χ3v) is 2.00. The lowest BCUT2D eigenvalue weighted by atomic mass is 10.0. The number of terminal acetylenes is 1. The molecule has 0 saturated carbocycles. The van der Waals surface area contributed by atoms with Gasteiger partial charge in [-0.15, -0.1) is 12.3 Å². The fourth-order valence-electron chi connectivity index (χ4n) is 0.933. The number of aliphatic hydroxyl groups excluding tert-OH is 1. The highest BCUT2D eigenvalue weighted by molar-refractivity contribution is 5.82. The molecule has 14 heavy (non-hydrogen) atoms. The summed E-state index contributed by atoms with van der Waals surface area (Å²) >= 11 is 0. The molecule has 2 atom stereocenters. The predicted octanol–water partition coefficient (Wildman–Crippen LogP) is -0.530. The number of carbonyl (C=O) groups excluding carboxylic acids is 1. The lowest BCUT2D eigenvalue weighted by Crippen LogP contribution is -2.48. The van der Waals surface area contributed by atoms with Gasteiger partial charge in [-0.2, -0.15) is 0 Å². The van der Waals surface area contributed by atoms with Crippen LogP contribution in [0.1, 0.15) is 20.3 Å². The second-order valence-electron chi connectivity index (χ2n) is 3.56. The molecule has 4 nitrogen and oxygen atoms in total. The molecular formula is C10H18N2O2. The van der Waals surface area contributed by atoms with Crippen LogP contribution in [-0.2, 0) is 4.79 Å². The van der Waals surface area contributed by atoms with Crippen LogP contribution in [0.5, 0.6) is 0 Å². The standard InChI is InChI=1S/C10H18N2O2/c1-4-5-8(11)10(14)12-9(6-13)7(2)3/h1,7-9,13H,5-6,11H2,2-3H3,(H,12,14)/t8?,9-/m1/s1. The van der Waals surface area contributed by atoms with Crippen molar-refractivity contribution >= 4 is 5.91 Å². The van der Waals surface area contributed by atoms with Crippen molar-refractivity contribution in [3.05, 3.63) is 0 Å². The lowest BCUT2D eigenvalue weighted by molar-refractivity contribution is -0.123. The number of nitrogens with one attached hydrogen (secondary N) is 1. The lowest BCUT2D eigenvalue weighted by Gasteiger charge is -2.21. The Bertz CT molecular complexity index is 221. The minimum absolute atomic E-state index is 0.0911. The average molecular weight is 198 g/mol. The molecule has 0 heterocycles. The fourth-order valence-corrected chi connectivity index (χ4v) is 0.933. The van der Waals surface area contributed by atoms with Gasteiger partial charge in [-0.05, 0) is 5.92 Å². The van der Waals surface area contributed by atoms with Crippen molar-refractivity contribution in [3.8, 4) is 12.3 Å². The zero-order valence-corrected chi connectivity index (χ0v) is 8.66. The van der Waals surface area contributed by atoms with Gasteiger partial charge in [0.2, 0.25) is 5.91 Å². The van der Waals surface area contributed by atoms with Crippen molar-refractivity contribution in [2.75, 3.05) is 6.61 Å². The topological polar surface area (TPSA) is 75.4 Å². The molecule has 0 aliphatic carbocycles. The first-order valence-electron chi connectivity index (χ1n) is 4.63. The van der Waals surface area contributed by atoms with Crippen LogP contribution in [0.4, 0.5) is 0 Å². The Balaban J connectivity index is 4.10. The summed E-state index contributed by atoms with van der Waals surface area (Å²) in [6.45, 7) is 3.73. The monoisotopic (exact) mass is 198 g/mol. The Kier molecular flexibility index (Phi) is 5.93. The van der Waals surface area contributed by atoms with E-state index in [1.165, 1.54) is 0 Å². The number of carbonyl (C=O) groups is 1. The van der Waals surface area contributed by atoms with Gasteiger partial charge in [-0.3, -0.25) is 4.79 Å². The molecule has 1 unspecified atom stereocenters. The largest absolute Gasteiger partial charge is 0.394 e. The third kappa shape index (κ3) is 4.26. The molecule has 0 rings (SSSR count). The Labute approximate surface area is 84.9 Å². The highest BCUT2D eigenvalue weighted by Gasteiger charge is 2.18. The van der Waals surface area contributed by atoms with Crippen LogP contribution in [0.2, 0.25) is 0 Å². The van der Waals surface area contributed by atoms with E-state index in [1.807, 2.05) is 13.8 Å². The summed E-state index contributed by atoms with van der Waals surface area (Å²) < 4.78 is 0. The number of hydrogen-bond donors (Lipinski definition) is 3. The van der Waals surface area contributed by atoms with Crippen molar-refractivity contribution in [1.82, 2.24) is 5.32 Å². The van der Waals surface area contributed by atoms with Gasteiger partial charge >= 0.3 is 0 Å². The molecule has 0 aromatic rings. The van der Waals surface area contributed by atoms with E-state index < -0.39 is 6.04 Å². The summed E-state index contributed by atoms with van der Waals surface area (Å²) in [5, 5.41) is 11.6.